The van der Waals surface area contributed by atoms with Crippen molar-refractivity contribution in [2.45, 2.75) is 19.1 Å². The molecule has 0 aromatic rings. The molecular formula is C7H16N2OS. The van der Waals surface area contributed by atoms with Crippen molar-refractivity contribution in [3.63, 3.8) is 0 Å². The third-order valence-electron chi connectivity index (χ3n) is 0.877. The third-order valence-corrected chi connectivity index (χ3v) is 1.85. The maximum atomic E-state index is 5.04. The second-order valence-corrected chi connectivity index (χ2v) is 3.83. The first-order valence-corrected chi connectivity index (χ1v) is 4.48. The summed E-state index contributed by atoms with van der Waals surface area (Å²) < 4.78 is 5.04. The molecule has 0 aromatic heterocycles. The van der Waals surface area contributed by atoms with Gasteiger partial charge >= 0.3 is 0 Å². The molecule has 0 amide bonds. The molecule has 0 aromatic carbocycles. The molecule has 0 saturated carbocycles. The predicted octanol–water partition coefficient (Wildman–Crippen LogP) is 1.31. The van der Waals surface area contributed by atoms with Gasteiger partial charge in [-0.1, -0.05) is 25.6 Å². The molecule has 0 aliphatic rings. The van der Waals surface area contributed by atoms with Crippen molar-refractivity contribution in [2.24, 2.45) is 4.99 Å². The number of ether oxygens (including phenoxy) is 1. The minimum Gasteiger partial charge on any atom is -0.476 e. The number of hydrogen-bond acceptors (Lipinski definition) is 4. The highest BCUT2D eigenvalue weighted by Crippen LogP contribution is 2.11. The van der Waals surface area contributed by atoms with E-state index in [1.54, 1.807) is 18.9 Å². The highest BCUT2D eigenvalue weighted by atomic mass is 32.2. The number of rotatable bonds is 3. The van der Waals surface area contributed by atoms with Gasteiger partial charge in [-0.2, -0.15) is 0 Å². The van der Waals surface area contributed by atoms with Gasteiger partial charge in [-0.3, -0.25) is 0 Å². The standard InChI is InChI=1S/C7H16N2OS/c1-6(2)11-7(10-4)9-5-8-3/h6,8H,5H2,1-4H3/b9-7-. The summed E-state index contributed by atoms with van der Waals surface area (Å²) in [5, 5.41) is 4.19. The molecule has 0 atom stereocenters. The lowest BCUT2D eigenvalue weighted by molar-refractivity contribution is 0.413. The number of nitrogens with zero attached hydrogens (tertiary/aromatic N) is 1. The lowest BCUT2D eigenvalue weighted by Crippen LogP contribution is -2.09. The van der Waals surface area contributed by atoms with Crippen molar-refractivity contribution in [3.05, 3.63) is 0 Å². The maximum Gasteiger partial charge on any atom is 0.247 e. The van der Waals surface area contributed by atoms with Gasteiger partial charge in [0.2, 0.25) is 5.23 Å². The van der Waals surface area contributed by atoms with Crippen LogP contribution in [0.2, 0.25) is 0 Å². The van der Waals surface area contributed by atoms with E-state index in [9.17, 15) is 0 Å². The summed E-state index contributed by atoms with van der Waals surface area (Å²) >= 11 is 1.63. The normalized spacial score (nSPS) is 12.3. The van der Waals surface area contributed by atoms with Gasteiger partial charge in [0.1, 0.15) is 0 Å². The summed E-state index contributed by atoms with van der Waals surface area (Å²) in [7, 11) is 3.50. The Morgan fingerprint density at radius 3 is 2.64 bits per heavy atom. The van der Waals surface area contributed by atoms with Crippen LogP contribution in [0.3, 0.4) is 0 Å². The molecule has 0 aliphatic heterocycles. The van der Waals surface area contributed by atoms with Gasteiger partial charge in [-0.15, -0.1) is 0 Å². The van der Waals surface area contributed by atoms with E-state index in [1.807, 2.05) is 7.05 Å². The number of aliphatic imine (C=N–C) groups is 1. The zero-order valence-electron chi connectivity index (χ0n) is 7.55. The fourth-order valence-electron chi connectivity index (χ4n) is 0.495. The van der Waals surface area contributed by atoms with Crippen LogP contribution in [0.5, 0.6) is 0 Å². The van der Waals surface area contributed by atoms with Crippen LogP contribution in [-0.2, 0) is 4.74 Å². The molecule has 11 heavy (non-hydrogen) atoms. The molecule has 3 nitrogen and oxygen atoms in total. The average Bonchev–Trinajstić information content (AvgIpc) is 1.97. The van der Waals surface area contributed by atoms with Gasteiger partial charge in [0, 0.05) is 5.25 Å². The van der Waals surface area contributed by atoms with Crippen LogP contribution in [0.15, 0.2) is 4.99 Å². The summed E-state index contributed by atoms with van der Waals surface area (Å²) in [5.41, 5.74) is 0. The van der Waals surface area contributed by atoms with Gasteiger partial charge in [-0.25, -0.2) is 4.99 Å². The lowest BCUT2D eigenvalue weighted by Gasteiger charge is -2.06. The van der Waals surface area contributed by atoms with Crippen molar-refractivity contribution in [1.82, 2.24) is 5.32 Å². The van der Waals surface area contributed by atoms with E-state index in [0.29, 0.717) is 11.9 Å². The summed E-state index contributed by atoms with van der Waals surface area (Å²) in [6, 6.07) is 0. The van der Waals surface area contributed by atoms with Crippen molar-refractivity contribution in [3.8, 4) is 0 Å². The van der Waals surface area contributed by atoms with Gasteiger partial charge < -0.3 is 10.1 Å². The van der Waals surface area contributed by atoms with E-state index in [1.165, 1.54) is 0 Å². The summed E-state index contributed by atoms with van der Waals surface area (Å²) in [6.45, 7) is 4.83. The lowest BCUT2D eigenvalue weighted by atomic mass is 10.6. The van der Waals surface area contributed by atoms with Crippen molar-refractivity contribution >= 4 is 17.0 Å². The minimum atomic E-state index is 0.519. The molecule has 0 saturated heterocycles. The maximum absolute atomic E-state index is 5.04. The largest absolute Gasteiger partial charge is 0.476 e. The molecule has 0 aliphatic carbocycles. The second-order valence-electron chi connectivity index (χ2n) is 2.31. The highest BCUT2D eigenvalue weighted by molar-refractivity contribution is 8.14. The summed E-state index contributed by atoms with van der Waals surface area (Å²) in [4.78, 5) is 4.15. The van der Waals surface area contributed by atoms with Crippen molar-refractivity contribution < 1.29 is 4.74 Å². The molecular weight excluding hydrogens is 160 g/mol. The molecule has 0 bridgehead atoms. The number of thioether (sulfide) groups is 1. The number of nitrogens with one attached hydrogen (secondary N) is 1. The Labute approximate surface area is 72.6 Å². The molecule has 0 spiro atoms. The monoisotopic (exact) mass is 176 g/mol. The molecule has 4 heteroatoms. The van der Waals surface area contributed by atoms with Gasteiger partial charge in [0.25, 0.3) is 0 Å². The van der Waals surface area contributed by atoms with Crippen LogP contribution in [0, 0.1) is 0 Å². The Hall–Kier alpha value is -0.220. The highest BCUT2D eigenvalue weighted by Gasteiger charge is 2.01. The topological polar surface area (TPSA) is 33.6 Å². The summed E-state index contributed by atoms with van der Waals surface area (Å²) in [5.74, 6) is 0. The van der Waals surface area contributed by atoms with Crippen LogP contribution in [0.4, 0.5) is 0 Å². The average molecular weight is 176 g/mol. The Bertz CT molecular complexity index is 126. The Morgan fingerprint density at radius 2 is 2.27 bits per heavy atom. The Morgan fingerprint density at radius 1 is 1.64 bits per heavy atom. The van der Waals surface area contributed by atoms with Crippen molar-refractivity contribution in [2.75, 3.05) is 20.8 Å². The fraction of sp³-hybridized carbons (Fsp3) is 0.857. The quantitative estimate of drug-likeness (QED) is 0.520. The molecule has 66 valence electrons. The fourth-order valence-corrected chi connectivity index (χ4v) is 1.13. The molecule has 0 heterocycles. The van der Waals surface area contributed by atoms with Crippen LogP contribution in [0.1, 0.15) is 13.8 Å². The zero-order chi connectivity index (χ0) is 8.69. The number of methoxy groups -OCH3 is 1. The van der Waals surface area contributed by atoms with Crippen LogP contribution >= 0.6 is 11.8 Å². The Balaban J connectivity index is 3.73. The molecule has 0 rings (SSSR count). The van der Waals surface area contributed by atoms with Crippen LogP contribution in [-0.4, -0.2) is 31.3 Å². The van der Waals surface area contributed by atoms with E-state index in [2.05, 4.69) is 24.2 Å². The second kappa shape index (κ2) is 6.49. The third kappa shape index (κ3) is 6.19. The van der Waals surface area contributed by atoms with E-state index in [0.717, 1.165) is 5.23 Å². The predicted molar refractivity (Wildman–Crippen MR) is 51.1 cm³/mol. The van der Waals surface area contributed by atoms with Crippen LogP contribution < -0.4 is 5.32 Å². The smallest absolute Gasteiger partial charge is 0.247 e. The van der Waals surface area contributed by atoms with E-state index < -0.39 is 0 Å². The van der Waals surface area contributed by atoms with E-state index in [4.69, 9.17) is 4.74 Å². The minimum absolute atomic E-state index is 0.519. The van der Waals surface area contributed by atoms with Crippen molar-refractivity contribution in [1.29, 1.82) is 0 Å². The summed E-state index contributed by atoms with van der Waals surface area (Å²) in [6.07, 6.45) is 0. The first kappa shape index (κ1) is 10.8. The molecule has 0 radical (unpaired) electrons. The Kier molecular flexibility index (Phi) is 6.36. The zero-order valence-corrected chi connectivity index (χ0v) is 8.36. The molecule has 1 N–H and O–H groups in total. The van der Waals surface area contributed by atoms with Gasteiger partial charge in [0.15, 0.2) is 0 Å². The molecule has 0 unspecified atom stereocenters. The first-order chi connectivity index (χ1) is 5.20. The SMILES string of the molecule is CNC/N=C(/OC)SC(C)C. The van der Waals surface area contributed by atoms with E-state index >= 15 is 0 Å². The first-order valence-electron chi connectivity index (χ1n) is 3.60. The van der Waals surface area contributed by atoms with Crippen LogP contribution in [0.25, 0.3) is 0 Å². The van der Waals surface area contributed by atoms with Gasteiger partial charge in [-0.05, 0) is 7.05 Å². The molecule has 0 fully saturated rings. The number of hydrogen-bond donors (Lipinski definition) is 1. The van der Waals surface area contributed by atoms with E-state index in [-0.39, 0.29) is 0 Å². The van der Waals surface area contributed by atoms with Gasteiger partial charge in [0.05, 0.1) is 13.8 Å².